The van der Waals surface area contributed by atoms with Gasteiger partial charge in [-0.2, -0.15) is 0 Å². The molecule has 102 valence electrons. The van der Waals surface area contributed by atoms with E-state index >= 15 is 0 Å². The fourth-order valence-corrected chi connectivity index (χ4v) is 1.72. The van der Waals surface area contributed by atoms with Crippen LogP contribution in [0.1, 0.15) is 10.4 Å². The van der Waals surface area contributed by atoms with E-state index in [0.29, 0.717) is 10.6 Å². The lowest BCUT2D eigenvalue weighted by molar-refractivity contribution is 0.0977. The largest absolute Gasteiger partial charge is 0.504 e. The highest BCUT2D eigenvalue weighted by Gasteiger charge is 2.09. The molecule has 0 aliphatic heterocycles. The number of aromatic nitrogens is 1. The minimum atomic E-state index is -0.380. The van der Waals surface area contributed by atoms with E-state index < -0.39 is 0 Å². The van der Waals surface area contributed by atoms with Crippen molar-refractivity contribution < 1.29 is 9.90 Å². The van der Waals surface area contributed by atoms with E-state index in [9.17, 15) is 9.90 Å². The molecule has 0 aliphatic carbocycles. The van der Waals surface area contributed by atoms with E-state index in [-0.39, 0.29) is 22.6 Å². The van der Waals surface area contributed by atoms with Crippen LogP contribution in [-0.2, 0) is 0 Å². The van der Waals surface area contributed by atoms with Crippen molar-refractivity contribution in [1.82, 2.24) is 10.3 Å². The second-order valence-electron chi connectivity index (χ2n) is 3.79. The third kappa shape index (κ3) is 3.66. The zero-order valence-corrected chi connectivity index (χ0v) is 11.7. The van der Waals surface area contributed by atoms with Crippen molar-refractivity contribution >= 4 is 40.7 Å². The lowest BCUT2D eigenvalue weighted by Gasteiger charge is -2.09. The van der Waals surface area contributed by atoms with Gasteiger partial charge in [0.2, 0.25) is 0 Å². The van der Waals surface area contributed by atoms with Gasteiger partial charge in [-0.15, -0.1) is 0 Å². The maximum absolute atomic E-state index is 11.9. The molecule has 20 heavy (non-hydrogen) atoms. The predicted octanol–water partition coefficient (Wildman–Crippen LogP) is 2.57. The first-order chi connectivity index (χ1) is 9.56. The van der Waals surface area contributed by atoms with Gasteiger partial charge >= 0.3 is 0 Å². The number of nitrogens with zero attached hydrogens (tertiary/aromatic N) is 1. The van der Waals surface area contributed by atoms with E-state index in [1.807, 2.05) is 0 Å². The fraction of sp³-hybridized carbons (Fsp3) is 0. The monoisotopic (exact) mass is 307 g/mol. The molecule has 3 N–H and O–H groups in total. The zero-order chi connectivity index (χ0) is 14.5. The summed E-state index contributed by atoms with van der Waals surface area (Å²) in [6.45, 7) is 0. The van der Waals surface area contributed by atoms with E-state index in [1.54, 1.807) is 30.3 Å². The maximum Gasteiger partial charge on any atom is 0.257 e. The molecule has 0 saturated carbocycles. The Morgan fingerprint density at radius 1 is 1.25 bits per heavy atom. The van der Waals surface area contributed by atoms with Crippen molar-refractivity contribution in [2.24, 2.45) is 0 Å². The number of hydrogen-bond acceptors (Lipinski definition) is 4. The summed E-state index contributed by atoms with van der Waals surface area (Å²) in [6, 6.07) is 9.42. The number of carbonyl (C=O) groups excluding carboxylic acids is 1. The number of hydrogen-bond donors (Lipinski definition) is 3. The zero-order valence-electron chi connectivity index (χ0n) is 10.1. The Labute approximate surface area is 125 Å². The first-order valence-electron chi connectivity index (χ1n) is 5.58. The minimum Gasteiger partial charge on any atom is -0.504 e. The summed E-state index contributed by atoms with van der Waals surface area (Å²) in [5.41, 5.74) is 0.420. The van der Waals surface area contributed by atoms with Gasteiger partial charge in [-0.3, -0.25) is 10.1 Å². The van der Waals surface area contributed by atoms with Gasteiger partial charge in [0.25, 0.3) is 5.91 Å². The first kappa shape index (κ1) is 14.2. The van der Waals surface area contributed by atoms with Gasteiger partial charge in [0.15, 0.2) is 16.7 Å². The quantitative estimate of drug-likeness (QED) is 0.744. The molecule has 0 saturated heterocycles. The molecule has 5 nitrogen and oxygen atoms in total. The number of benzene rings is 1. The summed E-state index contributed by atoms with van der Waals surface area (Å²) >= 11 is 10.7. The molecular weight excluding hydrogens is 298 g/mol. The molecule has 0 radical (unpaired) electrons. The van der Waals surface area contributed by atoms with Crippen molar-refractivity contribution in [2.45, 2.75) is 0 Å². The maximum atomic E-state index is 11.9. The summed E-state index contributed by atoms with van der Waals surface area (Å²) in [7, 11) is 0. The number of pyridine rings is 1. The Balaban J connectivity index is 2.00. The van der Waals surface area contributed by atoms with E-state index in [4.69, 9.17) is 23.8 Å². The highest BCUT2D eigenvalue weighted by molar-refractivity contribution is 7.80. The summed E-state index contributed by atoms with van der Waals surface area (Å²) in [4.78, 5) is 15.8. The normalized spacial score (nSPS) is 9.85. The van der Waals surface area contributed by atoms with Crippen LogP contribution in [0.2, 0.25) is 5.02 Å². The Morgan fingerprint density at radius 3 is 2.60 bits per heavy atom. The number of nitrogens with one attached hydrogen (secondary N) is 2. The number of amides is 1. The van der Waals surface area contributed by atoms with Gasteiger partial charge in [0, 0.05) is 16.8 Å². The molecule has 1 heterocycles. The highest BCUT2D eigenvalue weighted by Crippen LogP contribution is 2.17. The minimum absolute atomic E-state index is 0.0407. The second kappa shape index (κ2) is 6.31. The van der Waals surface area contributed by atoms with Crippen LogP contribution in [-0.4, -0.2) is 21.1 Å². The van der Waals surface area contributed by atoms with Gasteiger partial charge in [-0.1, -0.05) is 11.6 Å². The molecule has 2 aromatic rings. The topological polar surface area (TPSA) is 74.2 Å². The lowest BCUT2D eigenvalue weighted by atomic mass is 10.2. The molecule has 0 bridgehead atoms. The molecule has 1 aromatic heterocycles. The number of rotatable bonds is 2. The van der Waals surface area contributed by atoms with Gasteiger partial charge in [-0.25, -0.2) is 4.98 Å². The van der Waals surface area contributed by atoms with E-state index in [1.165, 1.54) is 12.3 Å². The molecule has 0 fully saturated rings. The standard InChI is InChI=1S/C13H10ClN3O2S/c14-9-5-3-8(4-6-9)12(19)17-13(20)16-11-10(18)2-1-7-15-11/h1-7,18H,(H2,15,16,17,19,20). The molecule has 2 rings (SSSR count). The Kier molecular flexibility index (Phi) is 4.49. The van der Waals surface area contributed by atoms with Crippen LogP contribution in [0.15, 0.2) is 42.6 Å². The molecule has 0 aliphatic rings. The van der Waals surface area contributed by atoms with Crippen LogP contribution >= 0.6 is 23.8 Å². The van der Waals surface area contributed by atoms with Crippen LogP contribution in [0.3, 0.4) is 0 Å². The molecular formula is C13H10ClN3O2S. The van der Waals surface area contributed by atoms with Crippen molar-refractivity contribution in [3.63, 3.8) is 0 Å². The average molecular weight is 308 g/mol. The Bertz CT molecular complexity index is 646. The van der Waals surface area contributed by atoms with Crippen LogP contribution in [0, 0.1) is 0 Å². The molecule has 1 aromatic carbocycles. The SMILES string of the molecule is O=C(NC(=S)Nc1ncccc1O)c1ccc(Cl)cc1. The van der Waals surface area contributed by atoms with Crippen molar-refractivity contribution in [1.29, 1.82) is 0 Å². The van der Waals surface area contributed by atoms with E-state index in [0.717, 1.165) is 0 Å². The predicted molar refractivity (Wildman–Crippen MR) is 81.0 cm³/mol. The van der Waals surface area contributed by atoms with Crippen LogP contribution in [0.5, 0.6) is 5.75 Å². The third-order valence-electron chi connectivity index (χ3n) is 2.35. The summed E-state index contributed by atoms with van der Waals surface area (Å²) in [6.07, 6.45) is 1.49. The first-order valence-corrected chi connectivity index (χ1v) is 6.37. The van der Waals surface area contributed by atoms with Crippen LogP contribution in [0.4, 0.5) is 5.82 Å². The van der Waals surface area contributed by atoms with E-state index in [2.05, 4.69) is 15.6 Å². The number of anilines is 1. The van der Waals surface area contributed by atoms with Crippen molar-refractivity contribution in [2.75, 3.05) is 5.32 Å². The fourth-order valence-electron chi connectivity index (χ4n) is 1.41. The molecule has 1 amide bonds. The van der Waals surface area contributed by atoms with Gasteiger partial charge < -0.3 is 10.4 Å². The molecule has 7 heteroatoms. The molecule has 0 spiro atoms. The Hall–Kier alpha value is -2.18. The summed E-state index contributed by atoms with van der Waals surface area (Å²) in [5.74, 6) is -0.265. The number of aromatic hydroxyl groups is 1. The van der Waals surface area contributed by atoms with Gasteiger partial charge in [0.1, 0.15) is 0 Å². The lowest BCUT2D eigenvalue weighted by Crippen LogP contribution is -2.34. The van der Waals surface area contributed by atoms with Crippen LogP contribution < -0.4 is 10.6 Å². The van der Waals surface area contributed by atoms with Gasteiger partial charge in [0.05, 0.1) is 0 Å². The van der Waals surface area contributed by atoms with Crippen LogP contribution in [0.25, 0.3) is 0 Å². The Morgan fingerprint density at radius 2 is 1.95 bits per heavy atom. The third-order valence-corrected chi connectivity index (χ3v) is 2.81. The van der Waals surface area contributed by atoms with Crippen molar-refractivity contribution in [3.8, 4) is 5.75 Å². The summed E-state index contributed by atoms with van der Waals surface area (Å²) in [5, 5.41) is 15.2. The second-order valence-corrected chi connectivity index (χ2v) is 4.63. The van der Waals surface area contributed by atoms with Crippen molar-refractivity contribution in [3.05, 3.63) is 53.2 Å². The molecule has 0 atom stereocenters. The molecule has 0 unspecified atom stereocenters. The number of halogens is 1. The average Bonchev–Trinajstić information content (AvgIpc) is 2.42. The summed E-state index contributed by atoms with van der Waals surface area (Å²) < 4.78 is 0. The number of thiocarbonyl (C=S) groups is 1. The smallest absolute Gasteiger partial charge is 0.257 e. The highest BCUT2D eigenvalue weighted by atomic mass is 35.5. The van der Waals surface area contributed by atoms with Gasteiger partial charge in [-0.05, 0) is 48.6 Å². The number of carbonyl (C=O) groups is 1.